The highest BCUT2D eigenvalue weighted by Crippen LogP contribution is 2.28. The van der Waals surface area contributed by atoms with Crippen LogP contribution in [0.5, 0.6) is 0 Å². The van der Waals surface area contributed by atoms with Gasteiger partial charge in [0, 0.05) is 12.0 Å². The maximum atomic E-state index is 13.4. The Labute approximate surface area is 181 Å². The molecule has 0 heterocycles. The van der Waals surface area contributed by atoms with Gasteiger partial charge in [0.05, 0.1) is 6.61 Å². The summed E-state index contributed by atoms with van der Waals surface area (Å²) in [5.74, 6) is -0.659. The van der Waals surface area contributed by atoms with Crippen molar-refractivity contribution in [3.8, 4) is 0 Å². The van der Waals surface area contributed by atoms with E-state index in [1.807, 2.05) is 0 Å². The van der Waals surface area contributed by atoms with Crippen molar-refractivity contribution in [1.29, 1.82) is 0 Å². The quantitative estimate of drug-likeness (QED) is 0.573. The monoisotopic (exact) mass is 424 g/mol. The summed E-state index contributed by atoms with van der Waals surface area (Å²) >= 11 is 0. The predicted octanol–water partition coefficient (Wildman–Crippen LogP) is 4.07. The summed E-state index contributed by atoms with van der Waals surface area (Å²) in [5, 5.41) is 12.8. The number of benzene rings is 3. The molecule has 0 saturated carbocycles. The summed E-state index contributed by atoms with van der Waals surface area (Å²) < 4.78 is 32.8. The molecule has 0 unspecified atom stereocenters. The molecule has 0 amide bonds. The Bertz CT molecular complexity index is 930. The van der Waals surface area contributed by atoms with Gasteiger partial charge in [0.1, 0.15) is 36.4 Å². The average Bonchev–Trinajstić information content (AvgIpc) is 2.80. The Balaban J connectivity index is 1.39. The number of halogens is 2. The zero-order valence-electron chi connectivity index (χ0n) is 17.4. The van der Waals surface area contributed by atoms with Crippen molar-refractivity contribution < 1.29 is 23.9 Å². The van der Waals surface area contributed by atoms with E-state index in [0.717, 1.165) is 30.4 Å². The predicted molar refractivity (Wildman–Crippen MR) is 116 cm³/mol. The first-order chi connectivity index (χ1) is 15.1. The molecule has 3 nitrogen and oxygen atoms in total. The van der Waals surface area contributed by atoms with Crippen LogP contribution in [0.3, 0.4) is 0 Å². The Morgan fingerprint density at radius 2 is 1.52 bits per heavy atom. The Kier molecular flexibility index (Phi) is 7.07. The molecule has 0 aromatic heterocycles. The van der Waals surface area contributed by atoms with E-state index >= 15 is 0 Å². The minimum absolute atomic E-state index is 0.129. The molecule has 4 rings (SSSR count). The molecular formula is C26H28F2NO2+. The SMILES string of the molecule is O[C@@H](C[NH2+][C@H]1CCCc2ccccc21)COC(c1ccc(F)cc1)c1ccc(F)cc1. The van der Waals surface area contributed by atoms with Crippen molar-refractivity contribution in [3.63, 3.8) is 0 Å². The van der Waals surface area contributed by atoms with Crippen molar-refractivity contribution in [2.24, 2.45) is 0 Å². The average molecular weight is 425 g/mol. The molecule has 0 fully saturated rings. The number of hydrogen-bond acceptors (Lipinski definition) is 2. The molecule has 31 heavy (non-hydrogen) atoms. The molecular weight excluding hydrogens is 396 g/mol. The van der Waals surface area contributed by atoms with Crippen LogP contribution in [0.2, 0.25) is 0 Å². The van der Waals surface area contributed by atoms with Gasteiger partial charge in [-0.3, -0.25) is 0 Å². The first kappa shape index (κ1) is 21.6. The first-order valence-electron chi connectivity index (χ1n) is 10.8. The largest absolute Gasteiger partial charge is 0.385 e. The van der Waals surface area contributed by atoms with Crippen LogP contribution in [0.15, 0.2) is 72.8 Å². The van der Waals surface area contributed by atoms with Crippen molar-refractivity contribution in [2.45, 2.75) is 37.5 Å². The third kappa shape index (κ3) is 5.56. The van der Waals surface area contributed by atoms with Gasteiger partial charge in [-0.2, -0.15) is 0 Å². The van der Waals surface area contributed by atoms with E-state index in [2.05, 4.69) is 29.6 Å². The summed E-state index contributed by atoms with van der Waals surface area (Å²) in [4.78, 5) is 0. The number of aryl methyl sites for hydroxylation is 1. The van der Waals surface area contributed by atoms with E-state index in [1.165, 1.54) is 35.4 Å². The van der Waals surface area contributed by atoms with E-state index in [4.69, 9.17) is 4.74 Å². The number of nitrogens with two attached hydrogens (primary N) is 1. The molecule has 1 aliphatic carbocycles. The fourth-order valence-corrected chi connectivity index (χ4v) is 4.29. The zero-order chi connectivity index (χ0) is 21.6. The van der Waals surface area contributed by atoms with Gasteiger partial charge in [-0.15, -0.1) is 0 Å². The summed E-state index contributed by atoms with van der Waals surface area (Å²) in [5.41, 5.74) is 4.27. The minimum atomic E-state index is -0.655. The van der Waals surface area contributed by atoms with Crippen LogP contribution in [0, 0.1) is 11.6 Å². The van der Waals surface area contributed by atoms with Crippen LogP contribution in [0.1, 0.15) is 47.2 Å². The second kappa shape index (κ2) is 10.1. The number of fused-ring (bicyclic) bond motifs is 1. The molecule has 0 bridgehead atoms. The lowest BCUT2D eigenvalue weighted by atomic mass is 9.88. The van der Waals surface area contributed by atoms with E-state index in [1.54, 1.807) is 24.3 Å². The van der Waals surface area contributed by atoms with Gasteiger partial charge >= 0.3 is 0 Å². The highest BCUT2D eigenvalue weighted by Gasteiger charge is 2.24. The van der Waals surface area contributed by atoms with Crippen molar-refractivity contribution >= 4 is 0 Å². The topological polar surface area (TPSA) is 46.1 Å². The highest BCUT2D eigenvalue weighted by atomic mass is 19.1. The number of rotatable bonds is 8. The van der Waals surface area contributed by atoms with E-state index in [-0.39, 0.29) is 18.2 Å². The number of ether oxygens (including phenoxy) is 1. The summed E-state index contributed by atoms with van der Waals surface area (Å²) in [7, 11) is 0. The standard InChI is InChI=1S/C26H27F2NO2/c27-21-12-8-19(9-13-21)26(20-10-14-22(28)15-11-20)31-17-23(30)16-29-25-7-3-5-18-4-1-2-6-24(18)25/h1-2,4,6,8-15,23,25-26,29-30H,3,5,7,16-17H2/p+1/t23-,25-/m0/s1. The molecule has 0 saturated heterocycles. The number of aliphatic hydroxyl groups is 1. The number of hydrogen-bond donors (Lipinski definition) is 2. The fourth-order valence-electron chi connectivity index (χ4n) is 4.29. The summed E-state index contributed by atoms with van der Waals surface area (Å²) in [6, 6.07) is 21.0. The maximum absolute atomic E-state index is 13.4. The van der Waals surface area contributed by atoms with E-state index in [0.29, 0.717) is 12.6 Å². The highest BCUT2D eigenvalue weighted by molar-refractivity contribution is 5.31. The Hall–Kier alpha value is -2.60. The zero-order valence-corrected chi connectivity index (χ0v) is 17.4. The number of quaternary nitrogens is 1. The molecule has 3 aromatic carbocycles. The van der Waals surface area contributed by atoms with Gasteiger partial charge < -0.3 is 15.2 Å². The van der Waals surface area contributed by atoms with Crippen LogP contribution in [0.25, 0.3) is 0 Å². The van der Waals surface area contributed by atoms with Crippen LogP contribution < -0.4 is 5.32 Å². The molecule has 0 radical (unpaired) electrons. The van der Waals surface area contributed by atoms with Gasteiger partial charge in [-0.25, -0.2) is 8.78 Å². The van der Waals surface area contributed by atoms with Crippen LogP contribution >= 0.6 is 0 Å². The molecule has 2 atom stereocenters. The van der Waals surface area contributed by atoms with Gasteiger partial charge in [0.25, 0.3) is 0 Å². The maximum Gasteiger partial charge on any atom is 0.126 e. The first-order valence-corrected chi connectivity index (χ1v) is 10.8. The van der Waals surface area contributed by atoms with Crippen molar-refractivity contribution in [3.05, 3.63) is 107 Å². The summed E-state index contributed by atoms with van der Waals surface area (Å²) in [6.45, 7) is 0.656. The fraction of sp³-hybridized carbons (Fsp3) is 0.308. The van der Waals surface area contributed by atoms with Crippen molar-refractivity contribution in [1.82, 2.24) is 0 Å². The van der Waals surface area contributed by atoms with E-state index in [9.17, 15) is 13.9 Å². The second-order valence-corrected chi connectivity index (χ2v) is 8.14. The van der Waals surface area contributed by atoms with Crippen LogP contribution in [-0.4, -0.2) is 24.4 Å². The Morgan fingerprint density at radius 1 is 0.903 bits per heavy atom. The molecule has 3 aromatic rings. The van der Waals surface area contributed by atoms with Gasteiger partial charge in [0.15, 0.2) is 0 Å². The lowest BCUT2D eigenvalue weighted by Crippen LogP contribution is -2.87. The third-order valence-electron chi connectivity index (χ3n) is 5.91. The second-order valence-electron chi connectivity index (χ2n) is 8.14. The lowest BCUT2D eigenvalue weighted by molar-refractivity contribution is -0.703. The minimum Gasteiger partial charge on any atom is -0.385 e. The molecule has 162 valence electrons. The Morgan fingerprint density at radius 3 is 2.16 bits per heavy atom. The van der Waals surface area contributed by atoms with E-state index < -0.39 is 12.2 Å². The van der Waals surface area contributed by atoms with Crippen LogP contribution in [0.4, 0.5) is 8.78 Å². The third-order valence-corrected chi connectivity index (χ3v) is 5.91. The summed E-state index contributed by atoms with van der Waals surface area (Å²) in [6.07, 6.45) is 2.20. The van der Waals surface area contributed by atoms with Gasteiger partial charge in [0.2, 0.25) is 0 Å². The molecule has 3 N–H and O–H groups in total. The van der Waals surface area contributed by atoms with Crippen LogP contribution in [-0.2, 0) is 11.2 Å². The smallest absolute Gasteiger partial charge is 0.126 e. The molecule has 5 heteroatoms. The number of aliphatic hydroxyl groups excluding tert-OH is 1. The lowest BCUT2D eigenvalue weighted by Gasteiger charge is -2.25. The van der Waals surface area contributed by atoms with Gasteiger partial charge in [-0.05, 0) is 53.8 Å². The van der Waals surface area contributed by atoms with Gasteiger partial charge in [-0.1, -0.05) is 48.5 Å². The molecule has 1 aliphatic rings. The van der Waals surface area contributed by atoms with Crippen molar-refractivity contribution in [2.75, 3.05) is 13.2 Å². The molecule has 0 spiro atoms. The normalized spacial score (nSPS) is 16.8. The molecule has 0 aliphatic heterocycles.